The fraction of sp³-hybridized carbons (Fsp3) is 1.00. The molecule has 86 valence electrons. The molecule has 0 radical (unpaired) electrons. The Hall–Kier alpha value is 0.197. The van der Waals surface area contributed by atoms with Crippen molar-refractivity contribution in [2.24, 2.45) is 0 Å². The maximum atomic E-state index is 9.01. The van der Waals surface area contributed by atoms with Gasteiger partial charge in [-0.25, -0.2) is 0 Å². The molecule has 0 unspecified atom stereocenters. The molecule has 0 rings (SSSR count). The van der Waals surface area contributed by atoms with E-state index in [1.807, 2.05) is 0 Å². The van der Waals surface area contributed by atoms with Crippen molar-refractivity contribution >= 4 is 29.7 Å². The fourth-order valence-corrected chi connectivity index (χ4v) is 0. The first-order valence-electron chi connectivity index (χ1n) is 1.30. The first kappa shape index (κ1) is 37.9. The molecule has 0 aliphatic carbocycles. The first-order valence-corrected chi connectivity index (χ1v) is 5.97. The van der Waals surface area contributed by atoms with E-state index in [1.165, 1.54) is 0 Å². The van der Waals surface area contributed by atoms with Crippen molar-refractivity contribution in [1.29, 1.82) is 0 Å². The third kappa shape index (κ3) is 263. The van der Waals surface area contributed by atoms with Gasteiger partial charge in [0.2, 0.25) is 0 Å². The summed E-state index contributed by atoms with van der Waals surface area (Å²) in [5, 5.41) is 7.08. The van der Waals surface area contributed by atoms with Crippen molar-refractivity contribution in [3.63, 3.8) is 0 Å². The van der Waals surface area contributed by atoms with Gasteiger partial charge >= 0.3 is 57.9 Å². The molecule has 0 saturated heterocycles. The second-order valence-electron chi connectivity index (χ2n) is 0.543. The van der Waals surface area contributed by atoms with E-state index < -0.39 is 29.7 Å². The van der Waals surface area contributed by atoms with Gasteiger partial charge in [0.1, 0.15) is 0 Å². The average molecular weight is 328 g/mol. The second-order valence-corrected chi connectivity index (χ2v) is 2.82. The molecule has 0 aliphatic rings. The number of rotatable bonds is 1. The van der Waals surface area contributed by atoms with Crippen LogP contribution in [0, 0.1) is 0 Å². The summed E-state index contributed by atoms with van der Waals surface area (Å²) < 4.78 is 45.2. The van der Waals surface area contributed by atoms with Crippen LogP contribution in [0.5, 0.6) is 0 Å². The van der Waals surface area contributed by atoms with Crippen LogP contribution in [0.1, 0.15) is 29.7 Å². The van der Waals surface area contributed by atoms with Crippen LogP contribution in [0.4, 0.5) is 0 Å². The maximum absolute atomic E-state index is 9.01. The van der Waals surface area contributed by atoms with Crippen LogP contribution >= 0.6 is 0 Å². The van der Waals surface area contributed by atoms with Crippen molar-refractivity contribution in [1.82, 2.24) is 0 Å². The minimum absolute atomic E-state index is 0. The molecule has 0 amide bonds. The van der Waals surface area contributed by atoms with Crippen molar-refractivity contribution in [3.8, 4) is 0 Å². The summed E-state index contributed by atoms with van der Waals surface area (Å²) in [7, 11) is 0. The molecular formula is C4H18As2O7. The monoisotopic (exact) mass is 328 g/mol. The molecule has 0 aromatic rings. The Kier molecular flexibility index (Phi) is 86.1. The molecule has 0 heterocycles. The predicted molar refractivity (Wildman–Crippen MR) is 47.1 cm³/mol. The zero-order valence-electron chi connectivity index (χ0n) is 3.83. The topological polar surface area (TPSA) is 118 Å². The van der Waals surface area contributed by atoms with Crippen molar-refractivity contribution in [2.75, 3.05) is 0 Å². The van der Waals surface area contributed by atoms with Crippen LogP contribution in [0.3, 0.4) is 0 Å². The molecule has 9 heteroatoms. The predicted octanol–water partition coefficient (Wildman–Crippen LogP) is 0.691. The third-order valence-electron chi connectivity index (χ3n) is 0.0667. The van der Waals surface area contributed by atoms with Gasteiger partial charge in [0.25, 0.3) is 0 Å². The van der Waals surface area contributed by atoms with Gasteiger partial charge in [-0.3, -0.25) is 0 Å². The van der Waals surface area contributed by atoms with Crippen molar-refractivity contribution in [3.05, 3.63) is 0 Å². The van der Waals surface area contributed by atoms with Gasteiger partial charge in [-0.05, 0) is 0 Å². The molecule has 0 aromatic heterocycles. The van der Waals surface area contributed by atoms with E-state index in [0.29, 0.717) is 0 Å². The van der Waals surface area contributed by atoms with Crippen LogP contribution in [-0.2, 0) is 18.8 Å². The van der Waals surface area contributed by atoms with Crippen molar-refractivity contribution in [2.45, 2.75) is 29.7 Å². The molecule has 0 aliphatic heterocycles. The van der Waals surface area contributed by atoms with Gasteiger partial charge in [0.05, 0.1) is 0 Å². The Morgan fingerprint density at radius 3 is 0.923 bits per heavy atom. The quantitative estimate of drug-likeness (QED) is 0.413. The zero-order chi connectivity index (χ0) is 7.86. The summed E-state index contributed by atoms with van der Waals surface area (Å²) in [5.41, 5.74) is 0. The second kappa shape index (κ2) is 29.5. The van der Waals surface area contributed by atoms with Crippen LogP contribution < -0.4 is 0 Å². The van der Waals surface area contributed by atoms with Crippen LogP contribution in [-0.4, -0.2) is 39.1 Å². The van der Waals surface area contributed by atoms with Gasteiger partial charge in [0, 0.05) is 0 Å². The number of hydrogen-bond acceptors (Lipinski definition) is 6. The molecule has 7 nitrogen and oxygen atoms in total. The molecule has 0 fully saturated rings. The van der Waals surface area contributed by atoms with E-state index in [1.54, 1.807) is 0 Å². The molecule has 0 aromatic carbocycles. The first-order chi connectivity index (χ1) is 4.00. The van der Waals surface area contributed by atoms with E-state index in [9.17, 15) is 0 Å². The Balaban J connectivity index is -0.0000000146. The summed E-state index contributed by atoms with van der Waals surface area (Å²) in [6.45, 7) is 0. The molecule has 0 spiro atoms. The average Bonchev–Trinajstić information content (AvgIpc) is 1.65. The summed E-state index contributed by atoms with van der Waals surface area (Å²) in [5.74, 6) is 0. The SMILES string of the molecule is C.C.C.C.O=[As](=O)O.O=[As](=O)OO. The molecule has 0 bridgehead atoms. The van der Waals surface area contributed by atoms with E-state index in [-0.39, 0.29) is 29.7 Å². The molecule has 0 saturated carbocycles. The summed E-state index contributed by atoms with van der Waals surface area (Å²) in [6, 6.07) is 0. The Morgan fingerprint density at radius 1 is 0.846 bits per heavy atom. The van der Waals surface area contributed by atoms with E-state index in [0.717, 1.165) is 0 Å². The molecular weight excluding hydrogens is 310 g/mol. The van der Waals surface area contributed by atoms with Gasteiger partial charge in [-0.2, -0.15) is 0 Å². The molecule has 0 atom stereocenters. The fourth-order valence-electron chi connectivity index (χ4n) is 0. The van der Waals surface area contributed by atoms with Crippen LogP contribution in [0.15, 0.2) is 0 Å². The van der Waals surface area contributed by atoms with E-state index in [4.69, 9.17) is 24.3 Å². The van der Waals surface area contributed by atoms with Gasteiger partial charge in [-0.15, -0.1) is 0 Å². The minimum atomic E-state index is -3.69. The Bertz CT molecular complexity index is 167. The Labute approximate surface area is 87.8 Å². The number of hydrogen-bond donors (Lipinski definition) is 2. The van der Waals surface area contributed by atoms with E-state index >= 15 is 0 Å². The van der Waals surface area contributed by atoms with Crippen LogP contribution in [0.25, 0.3) is 0 Å². The summed E-state index contributed by atoms with van der Waals surface area (Å²) >= 11 is -7.33. The Morgan fingerprint density at radius 2 is 0.923 bits per heavy atom. The third-order valence-corrected chi connectivity index (χ3v) is 0.346. The van der Waals surface area contributed by atoms with Gasteiger partial charge < -0.3 is 0 Å². The van der Waals surface area contributed by atoms with Crippen molar-refractivity contribution < 1.29 is 28.2 Å². The van der Waals surface area contributed by atoms with E-state index in [2.05, 4.69) is 3.88 Å². The summed E-state index contributed by atoms with van der Waals surface area (Å²) in [6.07, 6.45) is 0. The summed E-state index contributed by atoms with van der Waals surface area (Å²) in [4.78, 5) is 0. The molecule has 2 N–H and O–H groups in total. The van der Waals surface area contributed by atoms with Crippen LogP contribution in [0.2, 0.25) is 0 Å². The van der Waals surface area contributed by atoms with Gasteiger partial charge in [-0.1, -0.05) is 29.7 Å². The zero-order valence-corrected chi connectivity index (χ0v) is 7.58. The normalized spacial score (nSPS) is 4.77. The standard InChI is InChI=1S/4CH4.AsHO4.AsHO3/c;;;;2-1(3)5-4;2-1(3)4/h4*1H4;4H;(H,2,3,4). The molecule has 13 heavy (non-hydrogen) atoms. The van der Waals surface area contributed by atoms with Gasteiger partial charge in [0.15, 0.2) is 0 Å².